The van der Waals surface area contributed by atoms with Gasteiger partial charge in [-0.2, -0.15) is 0 Å². The number of phenolic OH excluding ortho intramolecular Hbond substituents is 5. The highest BCUT2D eigenvalue weighted by atomic mass is 16.3. The highest BCUT2D eigenvalue weighted by molar-refractivity contribution is 5.84. The number of phenols is 5. The summed E-state index contributed by atoms with van der Waals surface area (Å²) in [5.41, 5.74) is 0.0104. The highest BCUT2D eigenvalue weighted by Gasteiger charge is 2.19. The van der Waals surface area contributed by atoms with Crippen molar-refractivity contribution in [3.63, 3.8) is 0 Å². The summed E-state index contributed by atoms with van der Waals surface area (Å²) in [6.45, 7) is 0. The molecule has 0 radical (unpaired) electrons. The van der Waals surface area contributed by atoms with Crippen molar-refractivity contribution >= 4 is 0 Å². The molecule has 0 aliphatic heterocycles. The van der Waals surface area contributed by atoms with E-state index in [4.69, 9.17) is 0 Å². The van der Waals surface area contributed by atoms with Gasteiger partial charge in [-0.05, 0) is 6.07 Å². The van der Waals surface area contributed by atoms with Gasteiger partial charge in [-0.25, -0.2) is 0 Å². The minimum atomic E-state index is -0.749. The van der Waals surface area contributed by atoms with E-state index >= 15 is 0 Å². The van der Waals surface area contributed by atoms with Crippen LogP contribution in [0.1, 0.15) is 0 Å². The van der Waals surface area contributed by atoms with Gasteiger partial charge in [-0.3, -0.25) is 0 Å². The number of hydrogen-bond donors (Lipinski definition) is 5. The highest BCUT2D eigenvalue weighted by Crippen LogP contribution is 2.49. The van der Waals surface area contributed by atoms with Crippen molar-refractivity contribution in [2.75, 3.05) is 0 Å². The van der Waals surface area contributed by atoms with Gasteiger partial charge in [-0.1, -0.05) is 18.2 Å². The van der Waals surface area contributed by atoms with E-state index < -0.39 is 23.0 Å². The lowest BCUT2D eigenvalue weighted by Crippen LogP contribution is -1.83. The normalized spacial score (nSPS) is 10.4. The molecule has 2 aromatic rings. The topological polar surface area (TPSA) is 101 Å². The summed E-state index contributed by atoms with van der Waals surface area (Å²) in [5.74, 6) is -2.69. The van der Waals surface area contributed by atoms with E-state index in [0.29, 0.717) is 0 Å². The molecule has 88 valence electrons. The van der Waals surface area contributed by atoms with Crippen molar-refractivity contribution in [2.45, 2.75) is 0 Å². The Balaban J connectivity index is 2.77. The standard InChI is InChI=1S/C12H10O5/c13-7-4-2-1-3-6(7)10-8(14)5-9(15)11(16)12(10)17/h1-5,13-17H. The van der Waals surface area contributed by atoms with Gasteiger partial charge < -0.3 is 25.5 Å². The van der Waals surface area contributed by atoms with Crippen LogP contribution in [0, 0.1) is 0 Å². The molecule has 0 aliphatic carbocycles. The molecule has 0 saturated heterocycles. The van der Waals surface area contributed by atoms with Gasteiger partial charge in [0.15, 0.2) is 11.5 Å². The summed E-state index contributed by atoms with van der Waals surface area (Å²) in [6.07, 6.45) is 0. The SMILES string of the molecule is Oc1ccccc1-c1c(O)cc(O)c(O)c1O. The van der Waals surface area contributed by atoms with Gasteiger partial charge in [0, 0.05) is 11.6 Å². The minimum absolute atomic E-state index is 0.140. The average molecular weight is 234 g/mol. The molecule has 0 aromatic heterocycles. The largest absolute Gasteiger partial charge is 0.507 e. The third-order valence-electron chi connectivity index (χ3n) is 2.41. The molecule has 0 amide bonds. The second-order valence-corrected chi connectivity index (χ2v) is 3.50. The fourth-order valence-electron chi connectivity index (χ4n) is 1.58. The Labute approximate surface area is 96.5 Å². The fourth-order valence-corrected chi connectivity index (χ4v) is 1.58. The molecule has 5 N–H and O–H groups in total. The molecule has 0 unspecified atom stereocenters. The Hall–Kier alpha value is -2.56. The van der Waals surface area contributed by atoms with E-state index in [1.54, 1.807) is 12.1 Å². The Morgan fingerprint density at radius 3 is 1.94 bits per heavy atom. The smallest absolute Gasteiger partial charge is 0.201 e. The van der Waals surface area contributed by atoms with Crippen LogP contribution in [0.4, 0.5) is 0 Å². The number of para-hydroxylation sites is 1. The van der Waals surface area contributed by atoms with E-state index in [1.165, 1.54) is 12.1 Å². The molecule has 0 bridgehead atoms. The first-order valence-electron chi connectivity index (χ1n) is 4.77. The molecule has 0 saturated carbocycles. The van der Waals surface area contributed by atoms with Crippen LogP contribution in [0.2, 0.25) is 0 Å². The molecule has 2 rings (SSSR count). The van der Waals surface area contributed by atoms with Crippen molar-refractivity contribution in [2.24, 2.45) is 0 Å². The van der Waals surface area contributed by atoms with Crippen LogP contribution in [0.15, 0.2) is 30.3 Å². The van der Waals surface area contributed by atoms with Gasteiger partial charge >= 0.3 is 0 Å². The van der Waals surface area contributed by atoms with Gasteiger partial charge in [0.25, 0.3) is 0 Å². The molecule has 0 spiro atoms. The molecular weight excluding hydrogens is 224 g/mol. The minimum Gasteiger partial charge on any atom is -0.507 e. The number of rotatable bonds is 1. The lowest BCUT2D eigenvalue weighted by atomic mass is 10.0. The number of hydrogen-bond acceptors (Lipinski definition) is 5. The summed E-state index contributed by atoms with van der Waals surface area (Å²) in [5, 5.41) is 47.5. The van der Waals surface area contributed by atoms with Crippen LogP contribution in [-0.2, 0) is 0 Å². The molecule has 2 aromatic carbocycles. The third kappa shape index (κ3) is 1.67. The molecule has 5 nitrogen and oxygen atoms in total. The molecule has 0 atom stereocenters. The van der Waals surface area contributed by atoms with Gasteiger partial charge in [0.1, 0.15) is 11.5 Å². The second-order valence-electron chi connectivity index (χ2n) is 3.50. The van der Waals surface area contributed by atoms with Crippen molar-refractivity contribution in [3.8, 4) is 39.9 Å². The molecular formula is C12H10O5. The van der Waals surface area contributed by atoms with Crippen LogP contribution >= 0.6 is 0 Å². The first kappa shape index (κ1) is 10.9. The third-order valence-corrected chi connectivity index (χ3v) is 2.41. The molecule has 17 heavy (non-hydrogen) atoms. The van der Waals surface area contributed by atoms with Gasteiger partial charge in [0.2, 0.25) is 5.75 Å². The van der Waals surface area contributed by atoms with Crippen LogP contribution in [0.25, 0.3) is 11.1 Å². The molecule has 0 fully saturated rings. The maximum Gasteiger partial charge on any atom is 0.201 e. The lowest BCUT2D eigenvalue weighted by Gasteiger charge is -2.11. The monoisotopic (exact) mass is 234 g/mol. The molecule has 0 heterocycles. The van der Waals surface area contributed by atoms with E-state index in [0.717, 1.165) is 6.07 Å². The first-order valence-corrected chi connectivity index (χ1v) is 4.77. The number of benzene rings is 2. The van der Waals surface area contributed by atoms with Crippen molar-refractivity contribution < 1.29 is 25.5 Å². The second kappa shape index (κ2) is 3.79. The summed E-state index contributed by atoms with van der Waals surface area (Å²) in [7, 11) is 0. The summed E-state index contributed by atoms with van der Waals surface area (Å²) in [6, 6.07) is 6.89. The zero-order valence-electron chi connectivity index (χ0n) is 8.62. The Kier molecular flexibility index (Phi) is 2.44. The zero-order valence-corrected chi connectivity index (χ0v) is 8.62. The van der Waals surface area contributed by atoms with Crippen LogP contribution in [0.5, 0.6) is 28.7 Å². The quantitative estimate of drug-likeness (QED) is 0.383. The van der Waals surface area contributed by atoms with Crippen LogP contribution < -0.4 is 0 Å². The van der Waals surface area contributed by atoms with Crippen molar-refractivity contribution in [1.29, 1.82) is 0 Å². The predicted molar refractivity (Wildman–Crippen MR) is 60.2 cm³/mol. The van der Waals surface area contributed by atoms with Crippen LogP contribution in [0.3, 0.4) is 0 Å². The Bertz CT molecular complexity index is 577. The molecule has 5 heteroatoms. The zero-order chi connectivity index (χ0) is 12.6. The van der Waals surface area contributed by atoms with Crippen LogP contribution in [-0.4, -0.2) is 25.5 Å². The van der Waals surface area contributed by atoms with E-state index in [-0.39, 0.29) is 16.9 Å². The van der Waals surface area contributed by atoms with Gasteiger partial charge in [-0.15, -0.1) is 0 Å². The maximum absolute atomic E-state index is 9.66. The summed E-state index contributed by atoms with van der Waals surface area (Å²) in [4.78, 5) is 0. The van der Waals surface area contributed by atoms with Gasteiger partial charge in [0.05, 0.1) is 5.56 Å². The maximum atomic E-state index is 9.66. The lowest BCUT2D eigenvalue weighted by molar-refractivity contribution is 0.362. The van der Waals surface area contributed by atoms with Crippen molar-refractivity contribution in [1.82, 2.24) is 0 Å². The van der Waals surface area contributed by atoms with E-state index in [2.05, 4.69) is 0 Å². The van der Waals surface area contributed by atoms with Crippen molar-refractivity contribution in [3.05, 3.63) is 30.3 Å². The van der Waals surface area contributed by atoms with E-state index in [1.807, 2.05) is 0 Å². The number of aromatic hydroxyl groups is 5. The fraction of sp³-hybridized carbons (Fsp3) is 0. The van der Waals surface area contributed by atoms with E-state index in [9.17, 15) is 25.5 Å². The Morgan fingerprint density at radius 2 is 1.29 bits per heavy atom. The summed E-state index contributed by atoms with van der Waals surface area (Å²) < 4.78 is 0. The average Bonchev–Trinajstić information content (AvgIpc) is 2.29. The predicted octanol–water partition coefficient (Wildman–Crippen LogP) is 1.88. The Morgan fingerprint density at radius 1 is 0.647 bits per heavy atom. The summed E-state index contributed by atoms with van der Waals surface area (Å²) >= 11 is 0. The first-order chi connectivity index (χ1) is 8.02. The molecule has 0 aliphatic rings.